The van der Waals surface area contributed by atoms with Crippen molar-refractivity contribution >= 4 is 0 Å². The van der Waals surface area contributed by atoms with E-state index in [-0.39, 0.29) is 54.6 Å². The first-order valence-corrected chi connectivity index (χ1v) is 33.1. The number of nitrogens with one attached hydrogen (secondary N) is 3. The van der Waals surface area contributed by atoms with Crippen molar-refractivity contribution in [3.05, 3.63) is 196 Å². The Morgan fingerprint density at radius 2 is 0.699 bits per heavy atom. The summed E-state index contributed by atoms with van der Waals surface area (Å²) in [6.07, 6.45) is 3.33. The molecular formula is C80H128N10O3. The second kappa shape index (κ2) is 32.1. The summed E-state index contributed by atoms with van der Waals surface area (Å²) in [4.78, 5) is 74.3. The molecule has 93 heavy (non-hydrogen) atoms. The Kier molecular flexibility index (Phi) is 29.1. The molecule has 0 saturated carbocycles. The highest BCUT2D eigenvalue weighted by molar-refractivity contribution is 5.48. The van der Waals surface area contributed by atoms with E-state index < -0.39 is 0 Å². The molecule has 0 saturated heterocycles. The molecule has 1 aliphatic carbocycles. The number of nitrogens with zero attached hydrogens (tertiary/aromatic N) is 7. The second-order valence-corrected chi connectivity index (χ2v) is 33.1. The van der Waals surface area contributed by atoms with Crippen molar-refractivity contribution < 1.29 is 0 Å². The molecule has 6 aromatic rings. The van der Waals surface area contributed by atoms with Gasteiger partial charge < -0.3 is 15.0 Å². The Hall–Kier alpha value is -6.76. The maximum atomic E-state index is 11.8. The Morgan fingerprint density at radius 1 is 0.323 bits per heavy atom. The molecule has 13 heteroatoms. The molecule has 0 bridgehead atoms. The molecule has 3 N–H and O–H groups in total. The van der Waals surface area contributed by atoms with E-state index in [0.717, 1.165) is 91.6 Å². The molecule has 0 atom stereocenters. The highest BCUT2D eigenvalue weighted by Gasteiger charge is 2.27. The van der Waals surface area contributed by atoms with Crippen LogP contribution in [-0.4, -0.2) is 49.8 Å². The highest BCUT2D eigenvalue weighted by Crippen LogP contribution is 2.39. The third-order valence-electron chi connectivity index (χ3n) is 16.5. The number of hydrogen-bond donors (Lipinski definition) is 3. The molecule has 0 aromatic carbocycles. The van der Waals surface area contributed by atoms with Crippen LogP contribution in [0.4, 0.5) is 0 Å². The largest absolute Gasteiger partial charge is 0.326 e. The van der Waals surface area contributed by atoms with E-state index in [1.54, 1.807) is 6.92 Å². The molecule has 0 amide bonds. The van der Waals surface area contributed by atoms with Gasteiger partial charge in [0.15, 0.2) is 0 Å². The summed E-state index contributed by atoms with van der Waals surface area (Å²) in [5.41, 5.74) is 28.1. The van der Waals surface area contributed by atoms with Crippen LogP contribution in [0.15, 0.2) is 49.3 Å². The van der Waals surface area contributed by atoms with Gasteiger partial charge in [-0.05, 0) is 215 Å². The highest BCUT2D eigenvalue weighted by atomic mass is 16.1. The molecule has 6 aromatic heterocycles. The van der Waals surface area contributed by atoms with Crippen LogP contribution >= 0.6 is 0 Å². The molecule has 0 unspecified atom stereocenters. The van der Waals surface area contributed by atoms with E-state index in [1.807, 2.05) is 104 Å². The van der Waals surface area contributed by atoms with Crippen LogP contribution in [-0.2, 0) is 32.5 Å². The van der Waals surface area contributed by atoms with Crippen molar-refractivity contribution in [1.82, 2.24) is 49.8 Å². The number of rotatable bonds is 0. The lowest BCUT2D eigenvalue weighted by Crippen LogP contribution is -2.27. The number of aryl methyl sites for hydroxylation is 13. The van der Waals surface area contributed by atoms with E-state index in [9.17, 15) is 14.4 Å². The molecule has 516 valence electrons. The molecule has 0 fully saturated rings. The molecule has 0 aliphatic heterocycles. The Balaban J connectivity index is 0.000000543. The minimum absolute atomic E-state index is 0.0162. The molecular weight excluding hydrogens is 1150 g/mol. The molecule has 7 rings (SSSR count). The monoisotopic (exact) mass is 1280 g/mol. The second-order valence-electron chi connectivity index (χ2n) is 33.1. The fourth-order valence-corrected chi connectivity index (χ4v) is 12.5. The molecule has 0 spiro atoms. The standard InChI is InChI=1S/C13H21N.C13H20.C12H19NO.2C11H18N2.2C10H16N2O/c1-8-9(2)12(13(5,6)7)11(4)14-10(8)3;1-9-7-10(2)12(11(3)8-9)13(4,5)6;1-7-8(2)10(12(4,5)6)11(14)13-9(7)3;1-7-10(11(4,5)6)8(2)13-9(3)12-7;1-7-8(2)13-10(9(3)12-7)11(4,5)6;1-6-8(10(3,4)5)9(13)12-7(2)11-6;1-6-7(2)12-9(13)8(11-6)10(3,4)5/h1-7H3;8H,2,7H2,1,3-6H3;1-6H3,(H,13,14);2*1-6H3;1-5H3,(H,11,12,13);1-5H3,(H,12,13). The Labute approximate surface area is 564 Å². The summed E-state index contributed by atoms with van der Waals surface area (Å²) in [6.45, 7) is 87.4. The van der Waals surface area contributed by atoms with Crippen LogP contribution in [0, 0.1) is 123 Å². The van der Waals surface area contributed by atoms with Crippen molar-refractivity contribution in [2.45, 2.75) is 316 Å². The van der Waals surface area contributed by atoms with Crippen LogP contribution in [0.2, 0.25) is 0 Å². The van der Waals surface area contributed by atoms with Gasteiger partial charge in [-0.1, -0.05) is 164 Å². The lowest BCUT2D eigenvalue weighted by molar-refractivity contribution is 0.503. The minimum Gasteiger partial charge on any atom is -0.326 e. The van der Waals surface area contributed by atoms with Gasteiger partial charge in [-0.3, -0.25) is 34.3 Å². The third kappa shape index (κ3) is 24.5. The van der Waals surface area contributed by atoms with Crippen molar-refractivity contribution in [2.75, 3.05) is 0 Å². The predicted octanol–water partition coefficient (Wildman–Crippen LogP) is 19.2. The summed E-state index contributed by atoms with van der Waals surface area (Å²) in [6, 6.07) is 0. The van der Waals surface area contributed by atoms with Gasteiger partial charge in [0.1, 0.15) is 17.3 Å². The average Bonchev–Trinajstić information content (AvgIpc) is 0.887. The topological polar surface area (TPSA) is 189 Å². The molecule has 13 nitrogen and oxygen atoms in total. The van der Waals surface area contributed by atoms with E-state index in [0.29, 0.717) is 11.5 Å². The van der Waals surface area contributed by atoms with Gasteiger partial charge in [-0.15, -0.1) is 0 Å². The fourth-order valence-electron chi connectivity index (χ4n) is 12.5. The normalized spacial score (nSPS) is 12.9. The number of hydrogen-bond acceptors (Lipinski definition) is 10. The number of aromatic amines is 3. The van der Waals surface area contributed by atoms with Crippen LogP contribution < -0.4 is 16.7 Å². The number of H-pyrrole nitrogens is 3. The smallest absolute Gasteiger partial charge is 0.270 e. The van der Waals surface area contributed by atoms with Gasteiger partial charge in [-0.25, -0.2) is 15.0 Å². The first-order chi connectivity index (χ1) is 41.6. The van der Waals surface area contributed by atoms with Crippen molar-refractivity contribution in [3.63, 3.8) is 0 Å². The maximum absolute atomic E-state index is 11.8. The zero-order valence-corrected chi connectivity index (χ0v) is 66.3. The summed E-state index contributed by atoms with van der Waals surface area (Å²) in [5, 5.41) is 0. The SMILES string of the molecule is C=C1CC(C)=CC(C)=C1C(C)(C)C.Cc1[nH]c(=O)c(C(C)(C)C)c(C)c1C.Cc1nc(C(C)(C)C)c(=O)[nH]c1C.Cc1nc(C)c(C(C)(C)C)c(=O)[nH]1.Cc1nc(C)c(C(C)(C)C)c(C)c1C.Cc1nc(C)c(C(C)(C)C)c(C)n1.Cc1nc(C)c(C(C)(C)C)nc1C. The summed E-state index contributed by atoms with van der Waals surface area (Å²) < 4.78 is 0. The Bertz CT molecular complexity index is 3840. The van der Waals surface area contributed by atoms with Gasteiger partial charge in [0.25, 0.3) is 16.7 Å². The number of aromatic nitrogens is 10. The number of allylic oxidation sites excluding steroid dienone is 5. The molecule has 1 aliphatic rings. The fraction of sp³-hybridized carbons (Fsp3) is 0.600. The summed E-state index contributed by atoms with van der Waals surface area (Å²) >= 11 is 0. The van der Waals surface area contributed by atoms with Crippen LogP contribution in [0.3, 0.4) is 0 Å². The van der Waals surface area contributed by atoms with Crippen molar-refractivity contribution in [3.8, 4) is 0 Å². The van der Waals surface area contributed by atoms with E-state index in [2.05, 4.69) is 229 Å². The van der Waals surface area contributed by atoms with Gasteiger partial charge in [0.05, 0.1) is 28.5 Å². The molecule has 6 heterocycles. The van der Waals surface area contributed by atoms with Crippen molar-refractivity contribution in [2.24, 2.45) is 5.41 Å². The van der Waals surface area contributed by atoms with E-state index >= 15 is 0 Å². The van der Waals surface area contributed by atoms with E-state index in [4.69, 9.17) is 0 Å². The molecule has 0 radical (unpaired) electrons. The van der Waals surface area contributed by atoms with Crippen LogP contribution in [0.25, 0.3) is 0 Å². The van der Waals surface area contributed by atoms with E-state index in [1.165, 1.54) is 55.8 Å². The van der Waals surface area contributed by atoms with Crippen molar-refractivity contribution in [1.29, 1.82) is 0 Å². The predicted molar refractivity (Wildman–Crippen MR) is 397 cm³/mol. The van der Waals surface area contributed by atoms with Crippen LogP contribution in [0.5, 0.6) is 0 Å². The lowest BCUT2D eigenvalue weighted by atomic mass is 9.75. The van der Waals surface area contributed by atoms with Gasteiger partial charge in [0, 0.05) is 61.8 Å². The first kappa shape index (κ1) is 84.3. The average molecular weight is 1280 g/mol. The number of pyridine rings is 2. The quantitative estimate of drug-likeness (QED) is 0.132. The first-order valence-electron chi connectivity index (χ1n) is 33.1. The maximum Gasteiger partial charge on any atom is 0.270 e. The Morgan fingerprint density at radius 3 is 1.11 bits per heavy atom. The lowest BCUT2D eigenvalue weighted by Gasteiger charge is -2.30. The minimum atomic E-state index is -0.188. The van der Waals surface area contributed by atoms with Gasteiger partial charge in [-0.2, -0.15) is 0 Å². The summed E-state index contributed by atoms with van der Waals surface area (Å²) in [5.74, 6) is 1.54. The van der Waals surface area contributed by atoms with Crippen LogP contribution in [0.1, 0.15) is 296 Å². The van der Waals surface area contributed by atoms with Gasteiger partial charge >= 0.3 is 0 Å². The third-order valence-corrected chi connectivity index (χ3v) is 16.5. The summed E-state index contributed by atoms with van der Waals surface area (Å²) in [7, 11) is 0. The zero-order valence-electron chi connectivity index (χ0n) is 66.3. The van der Waals surface area contributed by atoms with Gasteiger partial charge in [0.2, 0.25) is 0 Å². The zero-order chi connectivity index (χ0) is 73.3.